The molecule has 2 aromatic carbocycles. The molecule has 1 N–H and O–H groups in total. The number of pyridine rings is 1. The van der Waals surface area contributed by atoms with Gasteiger partial charge in [-0.05, 0) is 36.4 Å². The molecule has 8 nitrogen and oxygen atoms in total. The minimum Gasteiger partial charge on any atom is -0.452 e. The van der Waals surface area contributed by atoms with Crippen molar-refractivity contribution < 1.29 is 19.1 Å². The Morgan fingerprint density at radius 1 is 0.853 bits per heavy atom. The second-order valence-corrected chi connectivity index (χ2v) is 8.57. The third-order valence-corrected chi connectivity index (χ3v) is 6.25. The van der Waals surface area contributed by atoms with Gasteiger partial charge < -0.3 is 19.9 Å². The molecule has 174 valence electrons. The molecule has 2 heterocycles. The molecule has 1 saturated heterocycles. The van der Waals surface area contributed by atoms with Gasteiger partial charge in [-0.25, -0.2) is 14.6 Å². The van der Waals surface area contributed by atoms with Crippen LogP contribution in [0.5, 0.6) is 0 Å². The van der Waals surface area contributed by atoms with E-state index in [1.807, 2.05) is 60.7 Å². The Morgan fingerprint density at radius 2 is 1.50 bits per heavy atom. The van der Waals surface area contributed by atoms with Gasteiger partial charge in [-0.2, -0.15) is 0 Å². The van der Waals surface area contributed by atoms with Crippen LogP contribution >= 0.6 is 11.8 Å². The van der Waals surface area contributed by atoms with Gasteiger partial charge >= 0.3 is 12.0 Å². The van der Waals surface area contributed by atoms with Crippen molar-refractivity contribution in [2.45, 2.75) is 9.92 Å². The molecule has 0 unspecified atom stereocenters. The lowest BCUT2D eigenvalue weighted by Crippen LogP contribution is -2.52. The third-order valence-electron chi connectivity index (χ3n) is 5.22. The number of carbonyl (C=O) groups is 3. The Hall–Kier alpha value is -3.85. The zero-order valence-electron chi connectivity index (χ0n) is 18.4. The van der Waals surface area contributed by atoms with Crippen LogP contribution in [0.2, 0.25) is 0 Å². The number of esters is 1. The van der Waals surface area contributed by atoms with Gasteiger partial charge in [0.05, 0.1) is 5.56 Å². The van der Waals surface area contributed by atoms with E-state index in [1.165, 1.54) is 11.8 Å². The van der Waals surface area contributed by atoms with Crippen molar-refractivity contribution in [1.82, 2.24) is 14.8 Å². The van der Waals surface area contributed by atoms with Crippen LogP contribution in [-0.4, -0.2) is 65.5 Å². The minimum absolute atomic E-state index is 0.204. The zero-order chi connectivity index (χ0) is 23.8. The van der Waals surface area contributed by atoms with Crippen molar-refractivity contribution >= 4 is 35.4 Å². The Labute approximate surface area is 201 Å². The Bertz CT molecular complexity index is 1140. The van der Waals surface area contributed by atoms with Gasteiger partial charge in [-0.3, -0.25) is 4.79 Å². The summed E-state index contributed by atoms with van der Waals surface area (Å²) < 4.78 is 5.30. The number of para-hydroxylation sites is 1. The van der Waals surface area contributed by atoms with E-state index >= 15 is 0 Å². The summed E-state index contributed by atoms with van der Waals surface area (Å²) in [6, 6.07) is 21.9. The van der Waals surface area contributed by atoms with Crippen LogP contribution in [0.1, 0.15) is 10.4 Å². The Kier molecular flexibility index (Phi) is 7.77. The highest BCUT2D eigenvalue weighted by atomic mass is 32.2. The summed E-state index contributed by atoms with van der Waals surface area (Å²) in [4.78, 5) is 46.1. The van der Waals surface area contributed by atoms with Gasteiger partial charge in [0.2, 0.25) is 0 Å². The lowest BCUT2D eigenvalue weighted by molar-refractivity contribution is -0.135. The highest BCUT2D eigenvalue weighted by Crippen LogP contribution is 2.28. The summed E-state index contributed by atoms with van der Waals surface area (Å²) in [5, 5.41) is 3.36. The van der Waals surface area contributed by atoms with E-state index in [9.17, 15) is 14.4 Å². The van der Waals surface area contributed by atoms with Crippen LogP contribution in [-0.2, 0) is 9.53 Å². The summed E-state index contributed by atoms with van der Waals surface area (Å²) >= 11 is 1.36. The molecule has 3 amide bonds. The second-order valence-electron chi connectivity index (χ2n) is 7.51. The lowest BCUT2D eigenvalue weighted by Gasteiger charge is -2.34. The fourth-order valence-corrected chi connectivity index (χ4v) is 4.30. The van der Waals surface area contributed by atoms with Crippen LogP contribution in [0.15, 0.2) is 88.9 Å². The maximum Gasteiger partial charge on any atom is 0.341 e. The third kappa shape index (κ3) is 6.14. The van der Waals surface area contributed by atoms with E-state index in [1.54, 1.807) is 28.1 Å². The average molecular weight is 477 g/mol. The lowest BCUT2D eigenvalue weighted by atomic mass is 10.3. The molecule has 34 heavy (non-hydrogen) atoms. The molecule has 9 heteroatoms. The van der Waals surface area contributed by atoms with E-state index in [0.29, 0.717) is 36.8 Å². The largest absolute Gasteiger partial charge is 0.452 e. The van der Waals surface area contributed by atoms with Gasteiger partial charge in [0.25, 0.3) is 5.91 Å². The SMILES string of the molecule is O=C(OCC(=O)N1CCN(C(=O)Nc2ccccc2)CC1)c1cccnc1Sc1ccccc1. The molecular weight excluding hydrogens is 452 g/mol. The van der Waals surface area contributed by atoms with Crippen LogP contribution in [0, 0.1) is 0 Å². The highest BCUT2D eigenvalue weighted by molar-refractivity contribution is 7.99. The van der Waals surface area contributed by atoms with Gasteiger partial charge in [0.15, 0.2) is 6.61 Å². The van der Waals surface area contributed by atoms with Crippen LogP contribution in [0.4, 0.5) is 10.5 Å². The summed E-state index contributed by atoms with van der Waals surface area (Å²) in [6.07, 6.45) is 1.61. The van der Waals surface area contributed by atoms with Gasteiger partial charge in [0, 0.05) is 43.0 Å². The predicted molar refractivity (Wildman–Crippen MR) is 129 cm³/mol. The Morgan fingerprint density at radius 3 is 2.21 bits per heavy atom. The number of urea groups is 1. The number of hydrogen-bond acceptors (Lipinski definition) is 6. The molecular formula is C25H24N4O4S. The number of rotatable bonds is 6. The van der Waals surface area contributed by atoms with E-state index in [2.05, 4.69) is 10.3 Å². The number of nitrogens with zero attached hydrogens (tertiary/aromatic N) is 3. The second kappa shape index (κ2) is 11.3. The summed E-state index contributed by atoms with van der Waals surface area (Å²) in [6.45, 7) is 1.19. The quantitative estimate of drug-likeness (QED) is 0.545. The molecule has 1 aliphatic heterocycles. The van der Waals surface area contributed by atoms with Crippen molar-refractivity contribution in [2.75, 3.05) is 38.1 Å². The molecule has 0 bridgehead atoms. The smallest absolute Gasteiger partial charge is 0.341 e. The molecule has 0 saturated carbocycles. The normalized spacial score (nSPS) is 13.3. The molecule has 3 aromatic rings. The number of piperazine rings is 1. The summed E-state index contributed by atoms with van der Waals surface area (Å²) in [5.74, 6) is -0.890. The first-order chi connectivity index (χ1) is 16.6. The van der Waals surface area contributed by atoms with Crippen molar-refractivity contribution in [2.24, 2.45) is 0 Å². The molecule has 1 aliphatic rings. The standard InChI is InChI=1S/C25H24N4O4S/c30-22(28-14-16-29(17-15-28)25(32)27-19-8-3-1-4-9-19)18-33-24(31)21-12-7-13-26-23(21)34-20-10-5-2-6-11-20/h1-13H,14-18H2,(H,27,32). The van der Waals surface area contributed by atoms with Crippen LogP contribution in [0.3, 0.4) is 0 Å². The van der Waals surface area contributed by atoms with Gasteiger partial charge in [-0.15, -0.1) is 0 Å². The molecule has 0 atom stereocenters. The Balaban J connectivity index is 1.26. The van der Waals surface area contributed by atoms with Crippen LogP contribution < -0.4 is 5.32 Å². The number of benzene rings is 2. The highest BCUT2D eigenvalue weighted by Gasteiger charge is 2.25. The fraction of sp³-hybridized carbons (Fsp3) is 0.200. The number of aromatic nitrogens is 1. The van der Waals surface area contributed by atoms with Gasteiger partial charge in [0.1, 0.15) is 5.03 Å². The fourth-order valence-electron chi connectivity index (χ4n) is 3.41. The van der Waals surface area contributed by atoms with Gasteiger partial charge in [-0.1, -0.05) is 48.2 Å². The van der Waals surface area contributed by atoms with Crippen molar-refractivity contribution in [3.63, 3.8) is 0 Å². The number of amides is 3. The van der Waals surface area contributed by atoms with Crippen molar-refractivity contribution in [3.8, 4) is 0 Å². The monoisotopic (exact) mass is 476 g/mol. The van der Waals surface area contributed by atoms with E-state index in [-0.39, 0.29) is 18.5 Å². The molecule has 0 aliphatic carbocycles. The average Bonchev–Trinajstić information content (AvgIpc) is 2.88. The number of anilines is 1. The van der Waals surface area contributed by atoms with E-state index < -0.39 is 5.97 Å². The topological polar surface area (TPSA) is 91.8 Å². The van der Waals surface area contributed by atoms with E-state index in [4.69, 9.17) is 4.74 Å². The van der Waals surface area contributed by atoms with Crippen molar-refractivity contribution in [1.29, 1.82) is 0 Å². The molecule has 4 rings (SSSR count). The maximum atomic E-state index is 12.7. The predicted octanol–water partition coefficient (Wildman–Crippen LogP) is 3.77. The van der Waals surface area contributed by atoms with Crippen LogP contribution in [0.25, 0.3) is 0 Å². The number of ether oxygens (including phenoxy) is 1. The summed E-state index contributed by atoms with van der Waals surface area (Å²) in [7, 11) is 0. The van der Waals surface area contributed by atoms with E-state index in [0.717, 1.165) is 10.6 Å². The first-order valence-corrected chi connectivity index (χ1v) is 11.7. The van der Waals surface area contributed by atoms with Crippen molar-refractivity contribution in [3.05, 3.63) is 84.6 Å². The summed E-state index contributed by atoms with van der Waals surface area (Å²) in [5.41, 5.74) is 1.03. The molecule has 1 fully saturated rings. The zero-order valence-corrected chi connectivity index (χ0v) is 19.2. The minimum atomic E-state index is -0.597. The maximum absolute atomic E-state index is 12.7. The first-order valence-electron chi connectivity index (χ1n) is 10.8. The molecule has 0 spiro atoms. The number of carbonyl (C=O) groups excluding carboxylic acids is 3. The number of hydrogen-bond donors (Lipinski definition) is 1. The molecule has 0 radical (unpaired) electrons. The number of nitrogens with one attached hydrogen (secondary N) is 1. The first kappa shape index (κ1) is 23.3. The molecule has 1 aromatic heterocycles.